The molecule has 0 aromatic heterocycles. The molecule has 1 fully saturated rings. The topological polar surface area (TPSA) is 20.3 Å². The first-order valence-electron chi connectivity index (χ1n) is 4.93. The highest BCUT2D eigenvalue weighted by molar-refractivity contribution is 9.10. The van der Waals surface area contributed by atoms with Crippen LogP contribution in [0.5, 0.6) is 0 Å². The van der Waals surface area contributed by atoms with Crippen LogP contribution in [0.4, 0.5) is 4.39 Å². The van der Waals surface area contributed by atoms with Crippen molar-refractivity contribution in [1.82, 2.24) is 4.90 Å². The Bertz CT molecular complexity index is 388. The van der Waals surface area contributed by atoms with E-state index in [1.807, 2.05) is 0 Å². The lowest BCUT2D eigenvalue weighted by Crippen LogP contribution is -2.28. The van der Waals surface area contributed by atoms with Crippen LogP contribution in [0.2, 0.25) is 0 Å². The fraction of sp³-hybridized carbons (Fsp3) is 0.364. The van der Waals surface area contributed by atoms with Gasteiger partial charge in [0.2, 0.25) is 0 Å². The Balaban J connectivity index is 2.28. The minimum atomic E-state index is -0.389. The van der Waals surface area contributed by atoms with Gasteiger partial charge in [-0.3, -0.25) is 4.79 Å². The molecule has 0 saturated carbocycles. The third-order valence-corrected chi connectivity index (χ3v) is 3.38. The standard InChI is InChI=1S/C11H11BrFNO/c12-10-8(4-3-5-9(10)13)11(15)14-6-1-2-7-14/h3-5H,1-2,6-7H2. The number of benzene rings is 1. The molecule has 80 valence electrons. The quantitative estimate of drug-likeness (QED) is 0.769. The van der Waals surface area contributed by atoms with Crippen LogP contribution in [0.25, 0.3) is 0 Å². The summed E-state index contributed by atoms with van der Waals surface area (Å²) < 4.78 is 13.5. The highest BCUT2D eigenvalue weighted by atomic mass is 79.9. The van der Waals surface area contributed by atoms with Gasteiger partial charge in [-0.2, -0.15) is 0 Å². The third-order valence-electron chi connectivity index (χ3n) is 2.58. The lowest BCUT2D eigenvalue weighted by molar-refractivity contribution is 0.0791. The zero-order chi connectivity index (χ0) is 10.8. The number of amides is 1. The Morgan fingerprint density at radius 2 is 2.00 bits per heavy atom. The van der Waals surface area contributed by atoms with E-state index in [9.17, 15) is 9.18 Å². The van der Waals surface area contributed by atoms with Crippen molar-refractivity contribution >= 4 is 21.8 Å². The van der Waals surface area contributed by atoms with E-state index in [2.05, 4.69) is 15.9 Å². The predicted octanol–water partition coefficient (Wildman–Crippen LogP) is 2.82. The zero-order valence-corrected chi connectivity index (χ0v) is 9.76. The number of hydrogen-bond acceptors (Lipinski definition) is 1. The maximum Gasteiger partial charge on any atom is 0.255 e. The molecule has 1 heterocycles. The normalized spacial score (nSPS) is 15.7. The van der Waals surface area contributed by atoms with Gasteiger partial charge < -0.3 is 4.90 Å². The Morgan fingerprint density at radius 1 is 1.33 bits per heavy atom. The lowest BCUT2D eigenvalue weighted by atomic mass is 10.2. The van der Waals surface area contributed by atoms with Gasteiger partial charge in [-0.25, -0.2) is 4.39 Å². The summed E-state index contributed by atoms with van der Waals surface area (Å²) in [5.74, 6) is -0.473. The van der Waals surface area contributed by atoms with E-state index >= 15 is 0 Å². The van der Waals surface area contributed by atoms with Crippen molar-refractivity contribution in [2.45, 2.75) is 12.8 Å². The first kappa shape index (κ1) is 10.6. The Morgan fingerprint density at radius 3 is 2.67 bits per heavy atom. The van der Waals surface area contributed by atoms with Crippen LogP contribution in [-0.2, 0) is 0 Å². The first-order valence-corrected chi connectivity index (χ1v) is 5.73. The van der Waals surface area contributed by atoms with Gasteiger partial charge in [0.1, 0.15) is 5.82 Å². The van der Waals surface area contributed by atoms with Crippen molar-refractivity contribution in [3.05, 3.63) is 34.1 Å². The second-order valence-electron chi connectivity index (χ2n) is 3.60. The molecule has 0 unspecified atom stereocenters. The molecule has 2 nitrogen and oxygen atoms in total. The van der Waals surface area contributed by atoms with Gasteiger partial charge in [0.15, 0.2) is 0 Å². The van der Waals surface area contributed by atoms with Crippen molar-refractivity contribution < 1.29 is 9.18 Å². The monoisotopic (exact) mass is 271 g/mol. The Kier molecular flexibility index (Phi) is 3.05. The van der Waals surface area contributed by atoms with Crippen molar-refractivity contribution in [2.24, 2.45) is 0 Å². The van der Waals surface area contributed by atoms with Crippen LogP contribution in [-0.4, -0.2) is 23.9 Å². The second kappa shape index (κ2) is 4.31. The number of likely N-dealkylation sites (tertiary alicyclic amines) is 1. The molecule has 1 amide bonds. The highest BCUT2D eigenvalue weighted by Crippen LogP contribution is 2.23. The number of nitrogens with zero attached hydrogens (tertiary/aromatic N) is 1. The SMILES string of the molecule is O=C(c1cccc(F)c1Br)N1CCCC1. The number of rotatable bonds is 1. The molecule has 0 spiro atoms. The van der Waals surface area contributed by atoms with Crippen LogP contribution < -0.4 is 0 Å². The third kappa shape index (κ3) is 2.04. The molecule has 0 bridgehead atoms. The van der Waals surface area contributed by atoms with E-state index in [4.69, 9.17) is 0 Å². The maximum absolute atomic E-state index is 13.2. The number of carbonyl (C=O) groups is 1. The minimum Gasteiger partial charge on any atom is -0.339 e. The number of hydrogen-bond donors (Lipinski definition) is 0. The molecule has 2 rings (SSSR count). The summed E-state index contributed by atoms with van der Waals surface area (Å²) in [5, 5.41) is 0. The van der Waals surface area contributed by atoms with E-state index in [0.29, 0.717) is 5.56 Å². The van der Waals surface area contributed by atoms with Crippen molar-refractivity contribution in [1.29, 1.82) is 0 Å². The van der Waals surface area contributed by atoms with Crippen molar-refractivity contribution in [2.75, 3.05) is 13.1 Å². The predicted molar refractivity (Wildman–Crippen MR) is 59.2 cm³/mol. The van der Waals surface area contributed by atoms with Crippen molar-refractivity contribution in [3.8, 4) is 0 Å². The molecule has 0 aliphatic carbocycles. The summed E-state index contributed by atoms with van der Waals surface area (Å²) in [6.07, 6.45) is 2.08. The first-order chi connectivity index (χ1) is 7.20. The van der Waals surface area contributed by atoms with E-state index < -0.39 is 0 Å². The van der Waals surface area contributed by atoms with Gasteiger partial charge in [-0.05, 0) is 40.9 Å². The van der Waals surface area contributed by atoms with Crippen LogP contribution in [0.1, 0.15) is 23.2 Å². The molecule has 1 aliphatic heterocycles. The Hall–Kier alpha value is -0.900. The van der Waals surface area contributed by atoms with Gasteiger partial charge in [0.25, 0.3) is 5.91 Å². The largest absolute Gasteiger partial charge is 0.339 e. The zero-order valence-electron chi connectivity index (χ0n) is 8.17. The molecule has 0 atom stereocenters. The summed E-state index contributed by atoms with van der Waals surface area (Å²) in [5.41, 5.74) is 0.414. The number of carbonyl (C=O) groups excluding carboxylic acids is 1. The van der Waals surface area contributed by atoms with Gasteiger partial charge >= 0.3 is 0 Å². The van der Waals surface area contributed by atoms with Crippen LogP contribution in [0.15, 0.2) is 22.7 Å². The number of halogens is 2. The average molecular weight is 272 g/mol. The van der Waals surface area contributed by atoms with E-state index in [-0.39, 0.29) is 16.2 Å². The molecule has 0 radical (unpaired) electrons. The molecule has 4 heteroatoms. The maximum atomic E-state index is 13.2. The molecule has 0 N–H and O–H groups in total. The lowest BCUT2D eigenvalue weighted by Gasteiger charge is -2.16. The minimum absolute atomic E-state index is 0.0844. The fourth-order valence-electron chi connectivity index (χ4n) is 1.76. The molecule has 1 aliphatic rings. The highest BCUT2D eigenvalue weighted by Gasteiger charge is 2.22. The van der Waals surface area contributed by atoms with Crippen LogP contribution >= 0.6 is 15.9 Å². The summed E-state index contributed by atoms with van der Waals surface area (Å²) in [7, 11) is 0. The molecule has 15 heavy (non-hydrogen) atoms. The second-order valence-corrected chi connectivity index (χ2v) is 4.39. The summed E-state index contributed by atoms with van der Waals surface area (Å²) in [6, 6.07) is 4.54. The van der Waals surface area contributed by atoms with Crippen LogP contribution in [0.3, 0.4) is 0 Å². The van der Waals surface area contributed by atoms with E-state index in [1.54, 1.807) is 17.0 Å². The molecular weight excluding hydrogens is 261 g/mol. The summed E-state index contributed by atoms with van der Waals surface area (Å²) in [6.45, 7) is 1.56. The average Bonchev–Trinajstić information content (AvgIpc) is 2.74. The summed E-state index contributed by atoms with van der Waals surface area (Å²) >= 11 is 3.11. The molecular formula is C11H11BrFNO. The molecule has 1 aromatic carbocycles. The van der Waals surface area contributed by atoms with Gasteiger partial charge in [0.05, 0.1) is 10.0 Å². The van der Waals surface area contributed by atoms with Crippen molar-refractivity contribution in [3.63, 3.8) is 0 Å². The van der Waals surface area contributed by atoms with Crippen LogP contribution in [0, 0.1) is 5.82 Å². The summed E-state index contributed by atoms with van der Waals surface area (Å²) in [4.78, 5) is 13.7. The fourth-order valence-corrected chi connectivity index (χ4v) is 2.19. The van der Waals surface area contributed by atoms with Gasteiger partial charge in [-0.15, -0.1) is 0 Å². The molecule has 1 saturated heterocycles. The molecule has 1 aromatic rings. The van der Waals surface area contributed by atoms with Gasteiger partial charge in [0, 0.05) is 13.1 Å². The van der Waals surface area contributed by atoms with Gasteiger partial charge in [-0.1, -0.05) is 6.07 Å². The Labute approximate surface area is 96.2 Å². The van der Waals surface area contributed by atoms with E-state index in [0.717, 1.165) is 25.9 Å². The smallest absolute Gasteiger partial charge is 0.255 e. The van der Waals surface area contributed by atoms with E-state index in [1.165, 1.54) is 6.07 Å².